The molecular formula is C13H21N3O3. The van der Waals surface area contributed by atoms with Gasteiger partial charge in [-0.05, 0) is 13.8 Å². The van der Waals surface area contributed by atoms with Gasteiger partial charge >= 0.3 is 0 Å². The van der Waals surface area contributed by atoms with E-state index in [4.69, 9.17) is 5.11 Å². The van der Waals surface area contributed by atoms with Crippen LogP contribution in [0, 0.1) is 6.92 Å². The van der Waals surface area contributed by atoms with E-state index in [0.29, 0.717) is 18.1 Å². The molecule has 1 heterocycles. The van der Waals surface area contributed by atoms with Gasteiger partial charge in [-0.1, -0.05) is 13.8 Å². The van der Waals surface area contributed by atoms with Crippen LogP contribution in [0.4, 0.5) is 0 Å². The third kappa shape index (κ3) is 3.41. The number of aryl methyl sites for hydroxylation is 1. The molecule has 0 atom stereocenters. The number of nitrogens with one attached hydrogen (secondary N) is 1. The molecule has 1 amide bonds. The molecule has 19 heavy (non-hydrogen) atoms. The van der Waals surface area contributed by atoms with Crippen molar-refractivity contribution in [2.24, 2.45) is 0 Å². The van der Waals surface area contributed by atoms with Crippen LogP contribution in [-0.4, -0.2) is 45.6 Å². The van der Waals surface area contributed by atoms with E-state index in [1.807, 2.05) is 13.8 Å². The summed E-state index contributed by atoms with van der Waals surface area (Å²) in [5.41, 5.74) is 0.0612. The zero-order valence-electron chi connectivity index (χ0n) is 11.9. The van der Waals surface area contributed by atoms with Crippen LogP contribution in [0.1, 0.15) is 48.6 Å². The minimum Gasteiger partial charge on any atom is -0.395 e. The standard InChI is InChI=1S/C13H21N3O3/c1-5-16(6-7-17)13(19)10-9(4)14-11(8(2)3)15-12(10)18/h8,17H,5-7H2,1-4H3,(H,14,15,18). The number of aliphatic hydroxyl groups is 1. The van der Waals surface area contributed by atoms with Gasteiger partial charge in [0, 0.05) is 19.0 Å². The van der Waals surface area contributed by atoms with Crippen LogP contribution in [0.2, 0.25) is 0 Å². The topological polar surface area (TPSA) is 86.3 Å². The molecule has 0 spiro atoms. The fourth-order valence-electron chi connectivity index (χ4n) is 1.82. The highest BCUT2D eigenvalue weighted by atomic mass is 16.3. The number of carbonyl (C=O) groups excluding carboxylic acids is 1. The Labute approximate surface area is 112 Å². The SMILES string of the molecule is CCN(CCO)C(=O)c1c(C)nc(C(C)C)[nH]c1=O. The highest BCUT2D eigenvalue weighted by Crippen LogP contribution is 2.10. The molecule has 0 saturated heterocycles. The van der Waals surface area contributed by atoms with E-state index in [-0.39, 0.29) is 24.6 Å². The van der Waals surface area contributed by atoms with Gasteiger partial charge in [0.25, 0.3) is 11.5 Å². The van der Waals surface area contributed by atoms with E-state index in [1.54, 1.807) is 13.8 Å². The molecule has 0 aliphatic heterocycles. The van der Waals surface area contributed by atoms with E-state index in [9.17, 15) is 9.59 Å². The molecule has 0 aromatic carbocycles. The minimum atomic E-state index is -0.419. The Morgan fingerprint density at radius 3 is 2.53 bits per heavy atom. The van der Waals surface area contributed by atoms with Crippen molar-refractivity contribution in [2.75, 3.05) is 19.7 Å². The Hall–Kier alpha value is -1.69. The fourth-order valence-corrected chi connectivity index (χ4v) is 1.82. The average molecular weight is 267 g/mol. The van der Waals surface area contributed by atoms with Crippen LogP contribution in [0.3, 0.4) is 0 Å². The highest BCUT2D eigenvalue weighted by Gasteiger charge is 2.21. The number of nitrogens with zero attached hydrogens (tertiary/aromatic N) is 2. The van der Waals surface area contributed by atoms with Gasteiger partial charge in [-0.2, -0.15) is 0 Å². The maximum atomic E-state index is 12.2. The number of carbonyl (C=O) groups is 1. The van der Waals surface area contributed by atoms with Gasteiger partial charge in [-0.25, -0.2) is 4.98 Å². The summed E-state index contributed by atoms with van der Waals surface area (Å²) in [4.78, 5) is 32.6. The number of rotatable bonds is 5. The van der Waals surface area contributed by atoms with Gasteiger partial charge in [0.1, 0.15) is 11.4 Å². The highest BCUT2D eigenvalue weighted by molar-refractivity contribution is 5.94. The van der Waals surface area contributed by atoms with E-state index in [0.717, 1.165) is 0 Å². The Bertz CT molecular complexity index is 508. The van der Waals surface area contributed by atoms with Gasteiger partial charge in [0.05, 0.1) is 12.3 Å². The van der Waals surface area contributed by atoms with E-state index in [1.165, 1.54) is 4.90 Å². The van der Waals surface area contributed by atoms with Crippen molar-refractivity contribution in [3.63, 3.8) is 0 Å². The summed E-state index contributed by atoms with van der Waals surface area (Å²) in [6.07, 6.45) is 0. The lowest BCUT2D eigenvalue weighted by Gasteiger charge is -2.20. The smallest absolute Gasteiger partial charge is 0.264 e. The summed E-state index contributed by atoms with van der Waals surface area (Å²) in [6.45, 7) is 7.80. The van der Waals surface area contributed by atoms with Crippen LogP contribution < -0.4 is 5.56 Å². The molecule has 6 heteroatoms. The number of hydrogen-bond donors (Lipinski definition) is 2. The number of aromatic amines is 1. The van der Waals surface area contributed by atoms with Crippen molar-refractivity contribution in [3.05, 3.63) is 27.4 Å². The first kappa shape index (κ1) is 15.4. The molecule has 0 aliphatic carbocycles. The first-order valence-corrected chi connectivity index (χ1v) is 6.43. The first-order chi connectivity index (χ1) is 8.92. The summed E-state index contributed by atoms with van der Waals surface area (Å²) >= 11 is 0. The van der Waals surface area contributed by atoms with Crippen LogP contribution in [0.15, 0.2) is 4.79 Å². The number of aromatic nitrogens is 2. The molecule has 2 N–H and O–H groups in total. The average Bonchev–Trinajstić information content (AvgIpc) is 2.34. The van der Waals surface area contributed by atoms with Gasteiger partial charge < -0.3 is 15.0 Å². The van der Waals surface area contributed by atoms with Crippen molar-refractivity contribution >= 4 is 5.91 Å². The summed E-state index contributed by atoms with van der Waals surface area (Å²) in [5, 5.41) is 8.92. The molecule has 1 aromatic rings. The molecule has 0 radical (unpaired) electrons. The zero-order chi connectivity index (χ0) is 14.6. The predicted molar refractivity (Wildman–Crippen MR) is 72.3 cm³/mol. The van der Waals surface area contributed by atoms with E-state index < -0.39 is 11.5 Å². The van der Waals surface area contributed by atoms with Crippen molar-refractivity contribution in [1.29, 1.82) is 0 Å². The third-order valence-corrected chi connectivity index (χ3v) is 2.92. The zero-order valence-corrected chi connectivity index (χ0v) is 11.9. The molecule has 0 unspecified atom stereocenters. The van der Waals surface area contributed by atoms with Crippen molar-refractivity contribution in [2.45, 2.75) is 33.6 Å². The van der Waals surface area contributed by atoms with E-state index in [2.05, 4.69) is 9.97 Å². The summed E-state index contributed by atoms with van der Waals surface area (Å²) in [5.74, 6) is 0.276. The second kappa shape index (κ2) is 6.47. The van der Waals surface area contributed by atoms with Gasteiger partial charge in [-0.3, -0.25) is 9.59 Å². The lowest BCUT2D eigenvalue weighted by Crippen LogP contribution is -2.38. The quantitative estimate of drug-likeness (QED) is 0.820. The van der Waals surface area contributed by atoms with E-state index >= 15 is 0 Å². The summed E-state index contributed by atoms with van der Waals surface area (Å²) < 4.78 is 0. The number of likely N-dealkylation sites (N-methyl/N-ethyl adjacent to an activating group) is 1. The van der Waals surface area contributed by atoms with Crippen LogP contribution >= 0.6 is 0 Å². The Kier molecular flexibility index (Phi) is 5.23. The Balaban J connectivity index is 3.21. The predicted octanol–water partition coefficient (Wildman–Crippen LogP) is 0.656. The molecular weight excluding hydrogens is 246 g/mol. The van der Waals surface area contributed by atoms with Crippen molar-refractivity contribution < 1.29 is 9.90 Å². The molecule has 0 bridgehead atoms. The monoisotopic (exact) mass is 267 g/mol. The maximum absolute atomic E-state index is 12.2. The van der Waals surface area contributed by atoms with Crippen molar-refractivity contribution in [1.82, 2.24) is 14.9 Å². The summed E-state index contributed by atoms with van der Waals surface area (Å²) in [6, 6.07) is 0. The van der Waals surface area contributed by atoms with Gasteiger partial charge in [-0.15, -0.1) is 0 Å². The molecule has 0 fully saturated rings. The largest absolute Gasteiger partial charge is 0.395 e. The second-order valence-electron chi connectivity index (χ2n) is 4.67. The second-order valence-corrected chi connectivity index (χ2v) is 4.67. The first-order valence-electron chi connectivity index (χ1n) is 6.43. The molecule has 0 aliphatic rings. The number of hydrogen-bond acceptors (Lipinski definition) is 4. The van der Waals surface area contributed by atoms with Gasteiger partial charge in [0.2, 0.25) is 0 Å². The lowest BCUT2D eigenvalue weighted by molar-refractivity contribution is 0.0728. The van der Waals surface area contributed by atoms with Gasteiger partial charge in [0.15, 0.2) is 0 Å². The third-order valence-electron chi connectivity index (χ3n) is 2.92. The Morgan fingerprint density at radius 1 is 1.47 bits per heavy atom. The fraction of sp³-hybridized carbons (Fsp3) is 0.615. The maximum Gasteiger partial charge on any atom is 0.264 e. The molecule has 1 aromatic heterocycles. The molecule has 0 saturated carbocycles. The minimum absolute atomic E-state index is 0.0553. The molecule has 106 valence electrons. The molecule has 6 nitrogen and oxygen atoms in total. The number of aliphatic hydroxyl groups excluding tert-OH is 1. The van der Waals surface area contributed by atoms with Crippen LogP contribution in [-0.2, 0) is 0 Å². The lowest BCUT2D eigenvalue weighted by atomic mass is 10.1. The normalized spacial score (nSPS) is 10.8. The number of amides is 1. The number of H-pyrrole nitrogens is 1. The van der Waals surface area contributed by atoms with Crippen LogP contribution in [0.25, 0.3) is 0 Å². The van der Waals surface area contributed by atoms with Crippen molar-refractivity contribution in [3.8, 4) is 0 Å². The van der Waals surface area contributed by atoms with Crippen LogP contribution in [0.5, 0.6) is 0 Å². The Morgan fingerprint density at radius 2 is 2.11 bits per heavy atom. The molecule has 1 rings (SSSR count). The summed E-state index contributed by atoms with van der Waals surface area (Å²) in [7, 11) is 0.